The molecule has 0 amide bonds. The van der Waals surface area contributed by atoms with Crippen molar-refractivity contribution in [1.29, 1.82) is 0 Å². The van der Waals surface area contributed by atoms with Gasteiger partial charge >= 0.3 is 0 Å². The standard InChI is InChI=1S/C11H14O4/c1-8(12)6-9-7-11(14-2,15-3)5-4-10(9)13/h4-5,7H,6H2,1-3H3. The summed E-state index contributed by atoms with van der Waals surface area (Å²) in [6, 6.07) is 0. The molecule has 0 aliphatic heterocycles. The number of rotatable bonds is 4. The summed E-state index contributed by atoms with van der Waals surface area (Å²) >= 11 is 0. The molecule has 4 heteroatoms. The Morgan fingerprint density at radius 2 is 2.00 bits per heavy atom. The van der Waals surface area contributed by atoms with E-state index in [9.17, 15) is 9.59 Å². The van der Waals surface area contributed by atoms with Crippen LogP contribution in [-0.4, -0.2) is 31.6 Å². The van der Waals surface area contributed by atoms with Crippen LogP contribution in [0.2, 0.25) is 0 Å². The zero-order valence-corrected chi connectivity index (χ0v) is 9.07. The molecule has 0 unspecified atom stereocenters. The van der Waals surface area contributed by atoms with Crippen molar-refractivity contribution in [2.45, 2.75) is 19.1 Å². The molecule has 0 atom stereocenters. The third-order valence-electron chi connectivity index (χ3n) is 2.24. The Hall–Kier alpha value is -1.26. The fourth-order valence-electron chi connectivity index (χ4n) is 1.40. The Kier molecular flexibility index (Phi) is 3.55. The van der Waals surface area contributed by atoms with E-state index >= 15 is 0 Å². The molecule has 1 rings (SSSR count). The van der Waals surface area contributed by atoms with Gasteiger partial charge in [0.25, 0.3) is 0 Å². The molecule has 0 saturated heterocycles. The average molecular weight is 210 g/mol. The first-order valence-corrected chi connectivity index (χ1v) is 4.58. The molecule has 0 radical (unpaired) electrons. The first kappa shape index (κ1) is 11.8. The van der Waals surface area contributed by atoms with Crippen molar-refractivity contribution < 1.29 is 19.1 Å². The van der Waals surface area contributed by atoms with Crippen LogP contribution in [0.5, 0.6) is 0 Å². The van der Waals surface area contributed by atoms with Crippen LogP contribution in [0, 0.1) is 0 Å². The SMILES string of the molecule is COC1(OC)C=CC(=O)C(CC(C)=O)=C1. The fourth-order valence-corrected chi connectivity index (χ4v) is 1.40. The maximum atomic E-state index is 11.4. The number of Topliss-reactive ketones (excluding diaryl/α,β-unsaturated/α-hetero) is 1. The number of allylic oxidation sites excluding steroid dienone is 2. The minimum absolute atomic E-state index is 0.0639. The molecule has 1 aliphatic rings. The van der Waals surface area contributed by atoms with E-state index in [0.717, 1.165) is 0 Å². The van der Waals surface area contributed by atoms with Crippen molar-refractivity contribution in [2.75, 3.05) is 14.2 Å². The molecule has 1 aliphatic carbocycles. The van der Waals surface area contributed by atoms with E-state index in [1.54, 1.807) is 0 Å². The van der Waals surface area contributed by atoms with Gasteiger partial charge in [-0.05, 0) is 25.2 Å². The largest absolute Gasteiger partial charge is 0.346 e. The highest BCUT2D eigenvalue weighted by atomic mass is 16.7. The summed E-state index contributed by atoms with van der Waals surface area (Å²) in [5.74, 6) is -1.25. The smallest absolute Gasteiger partial charge is 0.208 e. The molecule has 82 valence electrons. The number of carbonyl (C=O) groups is 2. The maximum absolute atomic E-state index is 11.4. The maximum Gasteiger partial charge on any atom is 0.208 e. The van der Waals surface area contributed by atoms with Crippen molar-refractivity contribution in [3.63, 3.8) is 0 Å². The monoisotopic (exact) mass is 210 g/mol. The van der Waals surface area contributed by atoms with E-state index in [4.69, 9.17) is 9.47 Å². The van der Waals surface area contributed by atoms with Crippen LogP contribution >= 0.6 is 0 Å². The van der Waals surface area contributed by atoms with E-state index in [-0.39, 0.29) is 18.0 Å². The predicted molar refractivity (Wildman–Crippen MR) is 54.3 cm³/mol. The summed E-state index contributed by atoms with van der Waals surface area (Å²) in [6.45, 7) is 1.44. The molecule has 0 aromatic carbocycles. The lowest BCUT2D eigenvalue weighted by Gasteiger charge is -2.27. The van der Waals surface area contributed by atoms with Gasteiger partial charge in [0.05, 0.1) is 0 Å². The highest BCUT2D eigenvalue weighted by Gasteiger charge is 2.29. The Labute approximate surface area is 88.6 Å². The summed E-state index contributed by atoms with van der Waals surface area (Å²) in [5.41, 5.74) is 0.411. The van der Waals surface area contributed by atoms with Crippen LogP contribution < -0.4 is 0 Å². The lowest BCUT2D eigenvalue weighted by molar-refractivity contribution is -0.137. The zero-order chi connectivity index (χ0) is 11.5. The predicted octanol–water partition coefficient (Wildman–Crippen LogP) is 1.02. The summed E-state index contributed by atoms with van der Waals surface area (Å²) < 4.78 is 10.3. The minimum Gasteiger partial charge on any atom is -0.346 e. The number of ketones is 2. The van der Waals surface area contributed by atoms with Crippen molar-refractivity contribution in [1.82, 2.24) is 0 Å². The number of carbonyl (C=O) groups excluding carboxylic acids is 2. The van der Waals surface area contributed by atoms with E-state index in [1.807, 2.05) is 0 Å². The highest BCUT2D eigenvalue weighted by molar-refractivity contribution is 6.08. The van der Waals surface area contributed by atoms with E-state index < -0.39 is 5.79 Å². The van der Waals surface area contributed by atoms with E-state index in [0.29, 0.717) is 5.57 Å². The molecule has 4 nitrogen and oxygen atoms in total. The Morgan fingerprint density at radius 3 is 2.47 bits per heavy atom. The van der Waals surface area contributed by atoms with Gasteiger partial charge in [-0.1, -0.05) is 0 Å². The second-order valence-electron chi connectivity index (χ2n) is 3.38. The van der Waals surface area contributed by atoms with Crippen molar-refractivity contribution >= 4 is 11.6 Å². The molecule has 0 bridgehead atoms. The first-order chi connectivity index (χ1) is 7.03. The van der Waals surface area contributed by atoms with Crippen LogP contribution in [0.25, 0.3) is 0 Å². The van der Waals surface area contributed by atoms with Gasteiger partial charge in [0.15, 0.2) is 5.78 Å². The molecule has 0 aromatic heterocycles. The van der Waals surface area contributed by atoms with Crippen LogP contribution in [0.4, 0.5) is 0 Å². The topological polar surface area (TPSA) is 52.6 Å². The second kappa shape index (κ2) is 4.51. The van der Waals surface area contributed by atoms with Crippen LogP contribution in [0.3, 0.4) is 0 Å². The molecule has 0 N–H and O–H groups in total. The van der Waals surface area contributed by atoms with Gasteiger partial charge in [-0.2, -0.15) is 0 Å². The molecular formula is C11H14O4. The zero-order valence-electron chi connectivity index (χ0n) is 9.07. The van der Waals surface area contributed by atoms with E-state index in [1.165, 1.54) is 39.4 Å². The number of hydrogen-bond donors (Lipinski definition) is 0. The quantitative estimate of drug-likeness (QED) is 0.650. The van der Waals surface area contributed by atoms with Crippen LogP contribution in [0.1, 0.15) is 13.3 Å². The Morgan fingerprint density at radius 1 is 1.40 bits per heavy atom. The van der Waals surface area contributed by atoms with Gasteiger partial charge in [0.1, 0.15) is 5.78 Å². The first-order valence-electron chi connectivity index (χ1n) is 4.58. The van der Waals surface area contributed by atoms with Crippen molar-refractivity contribution in [3.05, 3.63) is 23.8 Å². The van der Waals surface area contributed by atoms with Gasteiger partial charge in [-0.3, -0.25) is 9.59 Å². The van der Waals surface area contributed by atoms with Crippen LogP contribution in [0.15, 0.2) is 23.8 Å². The Bertz CT molecular complexity index is 334. The molecule has 0 fully saturated rings. The molecule has 0 spiro atoms. The third kappa shape index (κ3) is 2.61. The van der Waals surface area contributed by atoms with Gasteiger partial charge < -0.3 is 9.47 Å². The molecule has 0 saturated carbocycles. The third-order valence-corrected chi connectivity index (χ3v) is 2.24. The minimum atomic E-state index is -1.02. The number of ether oxygens (including phenoxy) is 2. The van der Waals surface area contributed by atoms with E-state index in [2.05, 4.69) is 0 Å². The second-order valence-corrected chi connectivity index (χ2v) is 3.38. The van der Waals surface area contributed by atoms with Gasteiger partial charge in [-0.15, -0.1) is 0 Å². The van der Waals surface area contributed by atoms with Crippen molar-refractivity contribution in [2.24, 2.45) is 0 Å². The van der Waals surface area contributed by atoms with Crippen LogP contribution in [-0.2, 0) is 19.1 Å². The average Bonchev–Trinajstić information content (AvgIpc) is 2.21. The van der Waals surface area contributed by atoms with Crippen molar-refractivity contribution in [3.8, 4) is 0 Å². The summed E-state index contributed by atoms with van der Waals surface area (Å²) in [4.78, 5) is 22.4. The normalized spacial score (nSPS) is 18.9. The lowest BCUT2D eigenvalue weighted by atomic mass is 9.96. The lowest BCUT2D eigenvalue weighted by Crippen LogP contribution is -2.32. The van der Waals surface area contributed by atoms with Gasteiger partial charge in [0, 0.05) is 26.2 Å². The number of methoxy groups -OCH3 is 2. The molecule has 0 heterocycles. The van der Waals surface area contributed by atoms with Gasteiger partial charge in [-0.25, -0.2) is 0 Å². The summed E-state index contributed by atoms with van der Waals surface area (Å²) in [7, 11) is 2.96. The molecular weight excluding hydrogens is 196 g/mol. The number of hydrogen-bond acceptors (Lipinski definition) is 4. The molecule has 0 aromatic rings. The summed E-state index contributed by atoms with van der Waals surface area (Å²) in [6.07, 6.45) is 4.54. The molecule has 15 heavy (non-hydrogen) atoms. The Balaban J connectivity index is 2.98. The summed E-state index contributed by atoms with van der Waals surface area (Å²) in [5, 5.41) is 0. The van der Waals surface area contributed by atoms with Gasteiger partial charge in [0.2, 0.25) is 5.79 Å². The fraction of sp³-hybridized carbons (Fsp3) is 0.455. The highest BCUT2D eigenvalue weighted by Crippen LogP contribution is 2.24.